The Morgan fingerprint density at radius 3 is 2.73 bits per heavy atom. The molecule has 0 aliphatic heterocycles. The molecule has 1 aromatic carbocycles. The second-order valence-corrected chi connectivity index (χ2v) is 11.1. The predicted octanol–water partition coefficient (Wildman–Crippen LogP) is 6.67. The molecule has 1 amide bonds. The van der Waals surface area contributed by atoms with Crippen molar-refractivity contribution >= 4 is 33.3 Å². The maximum absolute atomic E-state index is 13.3. The topological polar surface area (TPSA) is 75.6 Å². The van der Waals surface area contributed by atoms with E-state index in [1.54, 1.807) is 18.4 Å². The first-order chi connectivity index (χ1) is 15.7. The Kier molecular flexibility index (Phi) is 8.57. The number of unbranched alkanes of at least 4 members (excludes halogenated alkanes) is 1. The number of rotatable bonds is 9. The zero-order valence-electron chi connectivity index (χ0n) is 20.2. The molecule has 1 aliphatic carbocycles. The van der Waals surface area contributed by atoms with E-state index in [0.29, 0.717) is 18.3 Å². The Morgan fingerprint density at radius 2 is 2.03 bits per heavy atom. The predicted molar refractivity (Wildman–Crippen MR) is 135 cm³/mol. The zero-order valence-corrected chi connectivity index (χ0v) is 21.0. The van der Waals surface area contributed by atoms with Crippen molar-refractivity contribution in [3.63, 3.8) is 0 Å². The molecule has 0 saturated heterocycles. The van der Waals surface area contributed by atoms with E-state index in [9.17, 15) is 9.59 Å². The Hall–Kier alpha value is -2.34. The van der Waals surface area contributed by atoms with Gasteiger partial charge in [0.1, 0.15) is 5.75 Å². The molecule has 1 unspecified atom stereocenters. The van der Waals surface area contributed by atoms with Gasteiger partial charge in [-0.15, -0.1) is 11.3 Å². The molecule has 0 bridgehead atoms. The number of thiophene rings is 1. The molecule has 2 N–H and O–H groups in total. The Bertz CT molecular complexity index is 988. The second-order valence-electron chi connectivity index (χ2n) is 10.2. The number of allylic oxidation sites excluding steroid dienone is 2. The lowest BCUT2D eigenvalue weighted by Gasteiger charge is -2.45. The summed E-state index contributed by atoms with van der Waals surface area (Å²) in [6.45, 7) is 6.89. The van der Waals surface area contributed by atoms with E-state index in [1.807, 2.05) is 23.6 Å². The number of nitrogens with one attached hydrogen (secondary N) is 1. The van der Waals surface area contributed by atoms with E-state index in [4.69, 9.17) is 9.84 Å². The SMILES string of the molecule is COc1ccc2scc(C(=O)NC3CCC[C@@H](C(C)(C)C)[C@H]3CC=CCCCC(=O)O)c2c1. The highest BCUT2D eigenvalue weighted by Crippen LogP contribution is 2.44. The van der Waals surface area contributed by atoms with Crippen LogP contribution >= 0.6 is 11.3 Å². The number of hydrogen-bond donors (Lipinski definition) is 2. The highest BCUT2D eigenvalue weighted by molar-refractivity contribution is 7.17. The lowest BCUT2D eigenvalue weighted by Crippen LogP contribution is -2.48. The van der Waals surface area contributed by atoms with Gasteiger partial charge >= 0.3 is 5.97 Å². The second kappa shape index (κ2) is 11.2. The number of carbonyl (C=O) groups is 2. The van der Waals surface area contributed by atoms with Gasteiger partial charge in [0.15, 0.2) is 0 Å². The van der Waals surface area contributed by atoms with Gasteiger partial charge in [-0.25, -0.2) is 0 Å². The minimum atomic E-state index is -0.746. The number of carboxylic acids is 1. The average molecular weight is 472 g/mol. The fraction of sp³-hybridized carbons (Fsp3) is 0.556. The van der Waals surface area contributed by atoms with Crippen LogP contribution in [0.2, 0.25) is 0 Å². The molecule has 0 spiro atoms. The van der Waals surface area contributed by atoms with Crippen molar-refractivity contribution in [3.05, 3.63) is 41.3 Å². The molecule has 1 aliphatic rings. The van der Waals surface area contributed by atoms with Gasteiger partial charge in [0, 0.05) is 27.9 Å². The summed E-state index contributed by atoms with van der Waals surface area (Å²) in [5, 5.41) is 15.1. The lowest BCUT2D eigenvalue weighted by atomic mass is 9.63. The molecule has 3 atom stereocenters. The van der Waals surface area contributed by atoms with Gasteiger partial charge in [0.05, 0.1) is 12.7 Å². The fourth-order valence-electron chi connectivity index (χ4n) is 5.15. The highest BCUT2D eigenvalue weighted by Gasteiger charge is 2.39. The van der Waals surface area contributed by atoms with Crippen LogP contribution in [0.25, 0.3) is 10.1 Å². The maximum Gasteiger partial charge on any atom is 0.303 e. The molecule has 180 valence electrons. The van der Waals surface area contributed by atoms with Gasteiger partial charge in [-0.3, -0.25) is 9.59 Å². The molecule has 2 aromatic rings. The van der Waals surface area contributed by atoms with Crippen LogP contribution in [0.15, 0.2) is 35.7 Å². The Labute approximate surface area is 201 Å². The summed E-state index contributed by atoms with van der Waals surface area (Å²) in [6.07, 6.45) is 10.1. The molecule has 3 rings (SSSR count). The number of carbonyl (C=O) groups excluding carboxylic acids is 1. The average Bonchev–Trinajstić information content (AvgIpc) is 3.19. The first-order valence-electron chi connectivity index (χ1n) is 11.9. The van der Waals surface area contributed by atoms with Crippen LogP contribution < -0.4 is 10.1 Å². The van der Waals surface area contributed by atoms with Gasteiger partial charge in [0.2, 0.25) is 0 Å². The van der Waals surface area contributed by atoms with Crippen molar-refractivity contribution in [2.45, 2.75) is 71.8 Å². The third kappa shape index (κ3) is 6.59. The van der Waals surface area contributed by atoms with Crippen LogP contribution in [-0.4, -0.2) is 30.1 Å². The van der Waals surface area contributed by atoms with Crippen molar-refractivity contribution < 1.29 is 19.4 Å². The number of hydrogen-bond acceptors (Lipinski definition) is 4. The van der Waals surface area contributed by atoms with Crippen molar-refractivity contribution in [2.75, 3.05) is 7.11 Å². The molecule has 5 nitrogen and oxygen atoms in total. The van der Waals surface area contributed by atoms with Crippen LogP contribution in [0.5, 0.6) is 5.75 Å². The standard InChI is InChI=1S/C27H37NO4S/c1-27(2,3)22-11-9-12-23(19(22)10-7-5-6-8-13-25(29)30)28-26(31)21-17-33-24-15-14-18(32-4)16-20(21)24/h5,7,14-17,19,22-23H,6,8-13H2,1-4H3,(H,28,31)(H,29,30)/t19-,22-,23?/m1/s1. The highest BCUT2D eigenvalue weighted by atomic mass is 32.1. The van der Waals surface area contributed by atoms with Gasteiger partial charge < -0.3 is 15.2 Å². The third-order valence-electron chi connectivity index (χ3n) is 6.85. The number of benzene rings is 1. The molecule has 0 radical (unpaired) electrons. The maximum atomic E-state index is 13.3. The molecule has 33 heavy (non-hydrogen) atoms. The number of fused-ring (bicyclic) bond motifs is 1. The first kappa shape index (κ1) is 25.3. The van der Waals surface area contributed by atoms with Crippen molar-refractivity contribution in [3.8, 4) is 5.75 Å². The number of carboxylic acid groups (broad SMARTS) is 1. The monoisotopic (exact) mass is 471 g/mol. The van der Waals surface area contributed by atoms with E-state index in [0.717, 1.165) is 47.1 Å². The molecule has 1 saturated carbocycles. The van der Waals surface area contributed by atoms with Crippen molar-refractivity contribution in [1.82, 2.24) is 5.32 Å². The molecular formula is C27H37NO4S. The van der Waals surface area contributed by atoms with E-state index >= 15 is 0 Å². The molecule has 6 heteroatoms. The van der Waals surface area contributed by atoms with Crippen molar-refractivity contribution in [2.24, 2.45) is 17.3 Å². The van der Waals surface area contributed by atoms with Crippen LogP contribution in [-0.2, 0) is 4.79 Å². The van der Waals surface area contributed by atoms with Gasteiger partial charge in [0.25, 0.3) is 5.91 Å². The summed E-state index contributed by atoms with van der Waals surface area (Å²) < 4.78 is 6.44. The van der Waals surface area contributed by atoms with Crippen LogP contribution in [0.1, 0.15) is 76.1 Å². The summed E-state index contributed by atoms with van der Waals surface area (Å²) in [4.78, 5) is 24.1. The summed E-state index contributed by atoms with van der Waals surface area (Å²) >= 11 is 1.58. The Morgan fingerprint density at radius 1 is 1.24 bits per heavy atom. The number of aliphatic carboxylic acids is 1. The van der Waals surface area contributed by atoms with Crippen LogP contribution in [0.3, 0.4) is 0 Å². The van der Waals surface area contributed by atoms with Gasteiger partial charge in [-0.2, -0.15) is 0 Å². The van der Waals surface area contributed by atoms with E-state index in [-0.39, 0.29) is 23.8 Å². The number of methoxy groups -OCH3 is 1. The molecular weight excluding hydrogens is 434 g/mol. The smallest absolute Gasteiger partial charge is 0.303 e. The largest absolute Gasteiger partial charge is 0.497 e. The summed E-state index contributed by atoms with van der Waals surface area (Å²) in [7, 11) is 1.64. The minimum absolute atomic E-state index is 0.00972. The zero-order chi connectivity index (χ0) is 24.0. The van der Waals surface area contributed by atoms with Crippen LogP contribution in [0, 0.1) is 17.3 Å². The van der Waals surface area contributed by atoms with Gasteiger partial charge in [-0.05, 0) is 67.6 Å². The number of ether oxygens (including phenoxy) is 1. The van der Waals surface area contributed by atoms with E-state index < -0.39 is 5.97 Å². The number of amides is 1. The molecule has 1 heterocycles. The summed E-state index contributed by atoms with van der Waals surface area (Å²) in [5.41, 5.74) is 0.878. The van der Waals surface area contributed by atoms with E-state index in [2.05, 4.69) is 38.2 Å². The van der Waals surface area contributed by atoms with E-state index in [1.165, 1.54) is 6.42 Å². The minimum Gasteiger partial charge on any atom is -0.497 e. The first-order valence-corrected chi connectivity index (χ1v) is 12.8. The molecule has 1 aromatic heterocycles. The van der Waals surface area contributed by atoms with Gasteiger partial charge in [-0.1, -0.05) is 39.3 Å². The fourth-order valence-corrected chi connectivity index (χ4v) is 6.07. The molecule has 1 fully saturated rings. The lowest BCUT2D eigenvalue weighted by molar-refractivity contribution is -0.137. The Balaban J connectivity index is 1.75. The van der Waals surface area contributed by atoms with Crippen molar-refractivity contribution in [1.29, 1.82) is 0 Å². The van der Waals surface area contributed by atoms with Crippen LogP contribution in [0.4, 0.5) is 0 Å². The summed E-state index contributed by atoms with van der Waals surface area (Å²) in [5.74, 6) is 0.873. The quantitative estimate of drug-likeness (QED) is 0.316. The normalized spacial score (nSPS) is 21.4. The third-order valence-corrected chi connectivity index (χ3v) is 7.82. The summed E-state index contributed by atoms with van der Waals surface area (Å²) in [6, 6.07) is 5.99.